The second kappa shape index (κ2) is 10.3. The summed E-state index contributed by atoms with van der Waals surface area (Å²) in [5.74, 6) is 1.98. The Labute approximate surface area is 183 Å². The van der Waals surface area contributed by atoms with Crippen molar-refractivity contribution in [2.45, 2.75) is 44.9 Å². The maximum Gasteiger partial charge on any atom is 0.265 e. The van der Waals surface area contributed by atoms with E-state index in [-0.39, 0.29) is 18.4 Å². The van der Waals surface area contributed by atoms with Gasteiger partial charge in [-0.15, -0.1) is 0 Å². The Kier molecular flexibility index (Phi) is 7.07. The zero-order chi connectivity index (χ0) is 21.5. The first-order valence-corrected chi connectivity index (χ1v) is 11.2. The van der Waals surface area contributed by atoms with Crippen molar-refractivity contribution in [3.63, 3.8) is 0 Å². The minimum Gasteiger partial charge on any atom is -0.492 e. The monoisotopic (exact) mass is 422 g/mol. The summed E-state index contributed by atoms with van der Waals surface area (Å²) in [6.07, 6.45) is 7.86. The van der Waals surface area contributed by atoms with Crippen LogP contribution in [0.1, 0.15) is 44.9 Å². The third kappa shape index (κ3) is 5.78. The molecule has 2 amide bonds. The summed E-state index contributed by atoms with van der Waals surface area (Å²) in [7, 11) is 0. The Morgan fingerprint density at radius 1 is 1.10 bits per heavy atom. The van der Waals surface area contributed by atoms with Crippen molar-refractivity contribution in [2.75, 3.05) is 30.0 Å². The van der Waals surface area contributed by atoms with Crippen LogP contribution in [0.2, 0.25) is 0 Å². The number of rotatable bonds is 8. The van der Waals surface area contributed by atoms with Crippen LogP contribution >= 0.6 is 0 Å². The highest BCUT2D eigenvalue weighted by Crippen LogP contribution is 2.35. The maximum absolute atomic E-state index is 12.5. The lowest BCUT2D eigenvalue weighted by Gasteiger charge is -2.29. The molecule has 1 heterocycles. The van der Waals surface area contributed by atoms with Crippen molar-refractivity contribution in [3.05, 3.63) is 48.5 Å². The number of fused-ring (bicyclic) bond motifs is 1. The number of carbonyl (C=O) groups is 2. The number of nitrogens with one attached hydrogen (secondary N) is 1. The van der Waals surface area contributed by atoms with Crippen molar-refractivity contribution in [3.8, 4) is 11.5 Å². The van der Waals surface area contributed by atoms with Gasteiger partial charge >= 0.3 is 0 Å². The van der Waals surface area contributed by atoms with Crippen molar-refractivity contribution in [2.24, 2.45) is 5.92 Å². The molecule has 1 fully saturated rings. The number of nitrogens with zero attached hydrogens (tertiary/aromatic N) is 1. The summed E-state index contributed by atoms with van der Waals surface area (Å²) >= 11 is 0. The predicted octanol–water partition coefficient (Wildman–Crippen LogP) is 4.79. The highest BCUT2D eigenvalue weighted by atomic mass is 16.5. The number of ether oxygens (including phenoxy) is 2. The predicted molar refractivity (Wildman–Crippen MR) is 121 cm³/mol. The normalized spacial score (nSPS) is 16.4. The molecule has 31 heavy (non-hydrogen) atoms. The van der Waals surface area contributed by atoms with Crippen molar-refractivity contribution in [1.29, 1.82) is 0 Å². The second-order valence-electron chi connectivity index (χ2n) is 8.27. The average Bonchev–Trinajstić information content (AvgIpc) is 2.80. The molecule has 2 aromatic carbocycles. The van der Waals surface area contributed by atoms with Crippen LogP contribution in [-0.4, -0.2) is 31.6 Å². The summed E-state index contributed by atoms with van der Waals surface area (Å²) in [5.41, 5.74) is 1.35. The van der Waals surface area contributed by atoms with E-state index in [1.165, 1.54) is 32.1 Å². The molecule has 1 saturated carbocycles. The standard InChI is InChI=1S/C25H30N2O4/c28-24(14-11-19-7-3-1-4-8-19)26-20-12-13-23-22(17-20)27(25(29)18-31-23)15-16-30-21-9-5-2-6-10-21/h2,5-6,9-10,12-13,17,19H,1,3-4,7-8,11,14-16,18H2,(H,26,28). The lowest BCUT2D eigenvalue weighted by atomic mass is 9.86. The summed E-state index contributed by atoms with van der Waals surface area (Å²) in [4.78, 5) is 26.6. The van der Waals surface area contributed by atoms with Crippen LogP contribution in [0.3, 0.4) is 0 Å². The third-order valence-electron chi connectivity index (χ3n) is 6.02. The molecule has 0 spiro atoms. The largest absolute Gasteiger partial charge is 0.492 e. The zero-order valence-electron chi connectivity index (χ0n) is 17.8. The molecule has 0 radical (unpaired) electrons. The van der Waals surface area contributed by atoms with E-state index in [1.54, 1.807) is 4.90 Å². The van der Waals surface area contributed by atoms with Crippen molar-refractivity contribution in [1.82, 2.24) is 0 Å². The van der Waals surface area contributed by atoms with Crippen molar-refractivity contribution < 1.29 is 19.1 Å². The molecule has 6 nitrogen and oxygen atoms in total. The zero-order valence-corrected chi connectivity index (χ0v) is 17.8. The molecule has 0 aromatic heterocycles. The SMILES string of the molecule is O=C(CCC1CCCCC1)Nc1ccc2c(c1)N(CCOc1ccccc1)C(=O)CO2. The Hall–Kier alpha value is -3.02. The number of benzene rings is 2. The molecule has 4 rings (SSSR count). The van der Waals surface area contributed by atoms with E-state index < -0.39 is 0 Å². The van der Waals surface area contributed by atoms with Gasteiger partial charge in [0, 0.05) is 12.1 Å². The molecule has 2 aliphatic rings. The minimum atomic E-state index is -0.120. The number of hydrogen-bond acceptors (Lipinski definition) is 4. The molecular weight excluding hydrogens is 392 g/mol. The Bertz CT molecular complexity index is 894. The van der Waals surface area contributed by atoms with Crippen LogP contribution < -0.4 is 19.7 Å². The quantitative estimate of drug-likeness (QED) is 0.664. The first-order valence-electron chi connectivity index (χ1n) is 11.2. The highest BCUT2D eigenvalue weighted by molar-refractivity contribution is 5.99. The lowest BCUT2D eigenvalue weighted by molar-refractivity contribution is -0.121. The Morgan fingerprint density at radius 3 is 2.71 bits per heavy atom. The molecule has 1 N–H and O–H groups in total. The summed E-state index contributed by atoms with van der Waals surface area (Å²) in [5, 5.41) is 2.99. The minimum absolute atomic E-state index is 0.00539. The Morgan fingerprint density at radius 2 is 1.90 bits per heavy atom. The van der Waals surface area contributed by atoms with E-state index in [0.717, 1.165) is 12.2 Å². The number of para-hydroxylation sites is 1. The van der Waals surface area contributed by atoms with Crippen molar-refractivity contribution >= 4 is 23.2 Å². The molecule has 164 valence electrons. The van der Waals surface area contributed by atoms with Crippen LogP contribution in [0.15, 0.2) is 48.5 Å². The fourth-order valence-corrected chi connectivity index (χ4v) is 4.33. The van der Waals surface area contributed by atoms with E-state index in [1.807, 2.05) is 48.5 Å². The van der Waals surface area contributed by atoms with Gasteiger partial charge in [0.05, 0.1) is 12.2 Å². The summed E-state index contributed by atoms with van der Waals surface area (Å²) in [6, 6.07) is 15.0. The van der Waals surface area contributed by atoms with E-state index in [4.69, 9.17) is 9.47 Å². The van der Waals surface area contributed by atoms with Gasteiger partial charge in [-0.25, -0.2) is 0 Å². The molecular formula is C25H30N2O4. The van der Waals surface area contributed by atoms with Gasteiger partial charge in [-0.3, -0.25) is 9.59 Å². The van der Waals surface area contributed by atoms with Crippen LogP contribution in [-0.2, 0) is 9.59 Å². The first-order chi connectivity index (χ1) is 15.2. The average molecular weight is 423 g/mol. The number of carbonyl (C=O) groups excluding carboxylic acids is 2. The topological polar surface area (TPSA) is 67.9 Å². The second-order valence-corrected chi connectivity index (χ2v) is 8.27. The number of hydrogen-bond donors (Lipinski definition) is 1. The summed E-state index contributed by atoms with van der Waals surface area (Å²) in [6.45, 7) is 0.780. The van der Waals surface area contributed by atoms with E-state index in [9.17, 15) is 9.59 Å². The van der Waals surface area contributed by atoms with Gasteiger partial charge in [0.1, 0.15) is 18.1 Å². The first kappa shape index (κ1) is 21.2. The molecule has 1 aliphatic carbocycles. The fraction of sp³-hybridized carbons (Fsp3) is 0.440. The lowest BCUT2D eigenvalue weighted by Crippen LogP contribution is -2.41. The molecule has 1 aliphatic heterocycles. The molecule has 6 heteroatoms. The van der Waals surface area contributed by atoms with Crippen LogP contribution in [0.4, 0.5) is 11.4 Å². The fourth-order valence-electron chi connectivity index (χ4n) is 4.33. The van der Waals surface area contributed by atoms with E-state index in [2.05, 4.69) is 5.32 Å². The van der Waals surface area contributed by atoms with Crippen LogP contribution in [0.25, 0.3) is 0 Å². The molecule has 0 bridgehead atoms. The Balaban J connectivity index is 1.35. The molecule has 2 aromatic rings. The van der Waals surface area contributed by atoms with Crippen LogP contribution in [0.5, 0.6) is 11.5 Å². The van der Waals surface area contributed by atoms with Gasteiger partial charge < -0.3 is 19.7 Å². The van der Waals surface area contributed by atoms with Gasteiger partial charge in [-0.1, -0.05) is 50.3 Å². The summed E-state index contributed by atoms with van der Waals surface area (Å²) < 4.78 is 11.3. The van der Waals surface area contributed by atoms with E-state index in [0.29, 0.717) is 42.6 Å². The molecule has 0 atom stereocenters. The smallest absolute Gasteiger partial charge is 0.265 e. The highest BCUT2D eigenvalue weighted by Gasteiger charge is 2.26. The number of amides is 2. The third-order valence-corrected chi connectivity index (χ3v) is 6.02. The maximum atomic E-state index is 12.5. The van der Waals surface area contributed by atoms with Gasteiger partial charge in [0.2, 0.25) is 5.91 Å². The molecule has 0 saturated heterocycles. The molecule has 0 unspecified atom stereocenters. The van der Waals surface area contributed by atoms with Gasteiger partial charge in [-0.2, -0.15) is 0 Å². The van der Waals surface area contributed by atoms with E-state index >= 15 is 0 Å². The van der Waals surface area contributed by atoms with Crippen LogP contribution in [0, 0.1) is 5.92 Å². The van der Waals surface area contributed by atoms with Gasteiger partial charge in [-0.05, 0) is 42.7 Å². The van der Waals surface area contributed by atoms with Gasteiger partial charge in [0.15, 0.2) is 6.61 Å². The number of anilines is 2. The van der Waals surface area contributed by atoms with Gasteiger partial charge in [0.25, 0.3) is 5.91 Å².